The zero-order valence-corrected chi connectivity index (χ0v) is 15.0. The molecule has 0 saturated carbocycles. The molecule has 6 heteroatoms. The summed E-state index contributed by atoms with van der Waals surface area (Å²) in [6.07, 6.45) is 1.22. The van der Waals surface area contributed by atoms with Gasteiger partial charge >= 0.3 is 6.09 Å². The fourth-order valence-corrected chi connectivity index (χ4v) is 3.41. The maximum Gasteiger partial charge on any atom is 0.409 e. The monoisotopic (exact) mass is 343 g/mol. The van der Waals surface area contributed by atoms with Gasteiger partial charge in [0, 0.05) is 37.1 Å². The number of likely N-dealkylation sites (tertiary alicyclic amines) is 1. The van der Waals surface area contributed by atoms with E-state index in [-0.39, 0.29) is 18.0 Å². The summed E-state index contributed by atoms with van der Waals surface area (Å²) in [6.45, 7) is 5.46. The highest BCUT2D eigenvalue weighted by Gasteiger charge is 2.25. The van der Waals surface area contributed by atoms with E-state index in [1.807, 2.05) is 29.8 Å². The van der Waals surface area contributed by atoms with Crippen LogP contribution in [0.1, 0.15) is 35.8 Å². The minimum absolute atomic E-state index is 0.0623. The van der Waals surface area contributed by atoms with Gasteiger partial charge in [0.2, 0.25) is 0 Å². The summed E-state index contributed by atoms with van der Waals surface area (Å²) >= 11 is 0. The van der Waals surface area contributed by atoms with Crippen LogP contribution in [0, 0.1) is 6.92 Å². The summed E-state index contributed by atoms with van der Waals surface area (Å²) in [6, 6.07) is 8.11. The molecule has 0 aliphatic carbocycles. The van der Waals surface area contributed by atoms with Gasteiger partial charge in [0.1, 0.15) is 5.69 Å². The second kappa shape index (κ2) is 7.17. The number of carbonyl (C=O) groups is 2. The Bertz CT molecular complexity index is 789. The number of hydrogen-bond acceptors (Lipinski definition) is 3. The van der Waals surface area contributed by atoms with Gasteiger partial charge in [-0.1, -0.05) is 12.1 Å². The third-order valence-electron chi connectivity index (χ3n) is 4.89. The van der Waals surface area contributed by atoms with E-state index in [2.05, 4.69) is 18.3 Å². The van der Waals surface area contributed by atoms with Crippen LogP contribution in [-0.2, 0) is 11.8 Å². The lowest BCUT2D eigenvalue weighted by Crippen LogP contribution is -2.46. The smallest absolute Gasteiger partial charge is 0.409 e. The van der Waals surface area contributed by atoms with Gasteiger partial charge in [0.25, 0.3) is 5.91 Å². The van der Waals surface area contributed by atoms with Crippen molar-refractivity contribution >= 4 is 22.9 Å². The number of carbonyl (C=O) groups excluding carboxylic acids is 2. The second-order valence-corrected chi connectivity index (χ2v) is 6.53. The first kappa shape index (κ1) is 17.3. The van der Waals surface area contributed by atoms with E-state index in [0.29, 0.717) is 25.4 Å². The van der Waals surface area contributed by atoms with Crippen molar-refractivity contribution in [2.45, 2.75) is 32.7 Å². The summed E-state index contributed by atoms with van der Waals surface area (Å²) < 4.78 is 6.96. The Hall–Kier alpha value is -2.50. The zero-order chi connectivity index (χ0) is 18.0. The topological polar surface area (TPSA) is 63.6 Å². The fraction of sp³-hybridized carbons (Fsp3) is 0.474. The van der Waals surface area contributed by atoms with Crippen molar-refractivity contribution in [3.8, 4) is 0 Å². The molecule has 2 aromatic rings. The quantitative estimate of drug-likeness (QED) is 0.932. The van der Waals surface area contributed by atoms with Crippen molar-refractivity contribution in [1.29, 1.82) is 0 Å². The van der Waals surface area contributed by atoms with Crippen LogP contribution >= 0.6 is 0 Å². The summed E-state index contributed by atoms with van der Waals surface area (Å²) in [4.78, 5) is 26.1. The predicted molar refractivity (Wildman–Crippen MR) is 96.7 cm³/mol. The molecule has 1 saturated heterocycles. The van der Waals surface area contributed by atoms with Crippen LogP contribution in [0.4, 0.5) is 4.79 Å². The van der Waals surface area contributed by atoms with E-state index in [0.717, 1.165) is 29.3 Å². The zero-order valence-electron chi connectivity index (χ0n) is 15.0. The van der Waals surface area contributed by atoms with Gasteiger partial charge in [0.15, 0.2) is 0 Å². The molecular weight excluding hydrogens is 318 g/mol. The molecule has 2 amide bonds. The minimum atomic E-state index is -0.267. The number of nitrogens with one attached hydrogen (secondary N) is 1. The first-order valence-corrected chi connectivity index (χ1v) is 8.79. The molecule has 0 unspecified atom stereocenters. The largest absolute Gasteiger partial charge is 0.450 e. The number of amides is 2. The highest BCUT2D eigenvalue weighted by atomic mass is 16.6. The molecule has 0 spiro atoms. The van der Waals surface area contributed by atoms with Gasteiger partial charge in [-0.3, -0.25) is 4.79 Å². The minimum Gasteiger partial charge on any atom is -0.450 e. The first-order valence-electron chi connectivity index (χ1n) is 8.79. The van der Waals surface area contributed by atoms with Crippen LogP contribution in [0.15, 0.2) is 24.3 Å². The Morgan fingerprint density at radius 1 is 1.28 bits per heavy atom. The summed E-state index contributed by atoms with van der Waals surface area (Å²) in [5.41, 5.74) is 2.88. The van der Waals surface area contributed by atoms with Crippen molar-refractivity contribution in [3.05, 3.63) is 35.5 Å². The number of aromatic nitrogens is 1. The SMILES string of the molecule is CCOC(=O)N1CCC(NC(=O)c2cc3c(C)cccc3n2C)CC1. The predicted octanol–water partition coefficient (Wildman–Crippen LogP) is 2.84. The van der Waals surface area contributed by atoms with Gasteiger partial charge in [0.05, 0.1) is 6.61 Å². The summed E-state index contributed by atoms with van der Waals surface area (Å²) in [7, 11) is 1.92. The molecule has 1 aliphatic rings. The Balaban J connectivity index is 1.65. The molecule has 0 radical (unpaired) electrons. The first-order chi connectivity index (χ1) is 12.0. The third kappa shape index (κ3) is 3.48. The molecule has 134 valence electrons. The van der Waals surface area contributed by atoms with Crippen molar-refractivity contribution in [2.24, 2.45) is 7.05 Å². The molecular formula is C19H25N3O3. The molecule has 3 rings (SSSR count). The molecule has 1 aromatic carbocycles. The van der Waals surface area contributed by atoms with Crippen molar-refractivity contribution in [3.63, 3.8) is 0 Å². The second-order valence-electron chi connectivity index (χ2n) is 6.53. The van der Waals surface area contributed by atoms with Crippen molar-refractivity contribution < 1.29 is 14.3 Å². The van der Waals surface area contributed by atoms with E-state index in [4.69, 9.17) is 4.74 Å². The Labute approximate surface area is 147 Å². The number of rotatable bonds is 3. The number of aryl methyl sites for hydroxylation is 2. The Morgan fingerprint density at radius 3 is 2.64 bits per heavy atom. The van der Waals surface area contributed by atoms with Crippen LogP contribution < -0.4 is 5.32 Å². The normalized spacial score (nSPS) is 15.4. The molecule has 0 bridgehead atoms. The lowest BCUT2D eigenvalue weighted by Gasteiger charge is -2.31. The summed E-state index contributed by atoms with van der Waals surface area (Å²) in [5, 5.41) is 4.21. The molecule has 1 fully saturated rings. The molecule has 1 N–H and O–H groups in total. The highest BCUT2D eigenvalue weighted by molar-refractivity contribution is 5.99. The van der Waals surface area contributed by atoms with Crippen molar-refractivity contribution in [1.82, 2.24) is 14.8 Å². The van der Waals surface area contributed by atoms with E-state index in [1.54, 1.807) is 11.8 Å². The maximum atomic E-state index is 12.7. The summed E-state index contributed by atoms with van der Waals surface area (Å²) in [5.74, 6) is -0.0623. The van der Waals surface area contributed by atoms with E-state index in [1.165, 1.54) is 0 Å². The number of fused-ring (bicyclic) bond motifs is 1. The molecule has 1 aliphatic heterocycles. The van der Waals surface area contributed by atoms with Crippen LogP contribution in [0.25, 0.3) is 10.9 Å². The number of hydrogen-bond donors (Lipinski definition) is 1. The van der Waals surface area contributed by atoms with Crippen LogP contribution in [0.3, 0.4) is 0 Å². The Kier molecular flexibility index (Phi) is 4.97. The number of nitrogens with zero attached hydrogens (tertiary/aromatic N) is 2. The van der Waals surface area contributed by atoms with Crippen molar-refractivity contribution in [2.75, 3.05) is 19.7 Å². The maximum absolute atomic E-state index is 12.7. The van der Waals surface area contributed by atoms with Crippen LogP contribution in [0.2, 0.25) is 0 Å². The fourth-order valence-electron chi connectivity index (χ4n) is 3.41. The van der Waals surface area contributed by atoms with Gasteiger partial charge in [-0.2, -0.15) is 0 Å². The third-order valence-corrected chi connectivity index (χ3v) is 4.89. The van der Waals surface area contributed by atoms with E-state index in [9.17, 15) is 9.59 Å². The van der Waals surface area contributed by atoms with Gasteiger partial charge in [-0.25, -0.2) is 4.79 Å². The van der Waals surface area contributed by atoms with E-state index < -0.39 is 0 Å². The Morgan fingerprint density at radius 2 is 2.00 bits per heavy atom. The molecule has 1 aromatic heterocycles. The number of piperidine rings is 1. The number of benzene rings is 1. The molecule has 2 heterocycles. The van der Waals surface area contributed by atoms with Gasteiger partial charge in [-0.15, -0.1) is 0 Å². The number of ether oxygens (including phenoxy) is 1. The van der Waals surface area contributed by atoms with Gasteiger partial charge in [-0.05, 0) is 44.4 Å². The highest BCUT2D eigenvalue weighted by Crippen LogP contribution is 2.22. The van der Waals surface area contributed by atoms with Gasteiger partial charge < -0.3 is 19.5 Å². The molecule has 25 heavy (non-hydrogen) atoms. The lowest BCUT2D eigenvalue weighted by atomic mass is 10.1. The lowest BCUT2D eigenvalue weighted by molar-refractivity contribution is 0.0855. The molecule has 6 nitrogen and oxygen atoms in total. The van der Waals surface area contributed by atoms with Crippen LogP contribution in [-0.4, -0.2) is 47.2 Å². The molecule has 0 atom stereocenters. The average molecular weight is 343 g/mol. The van der Waals surface area contributed by atoms with E-state index >= 15 is 0 Å². The average Bonchev–Trinajstić information content (AvgIpc) is 2.94. The standard InChI is InChI=1S/C19H25N3O3/c1-4-25-19(24)22-10-8-14(9-11-22)20-18(23)17-12-15-13(2)6-5-7-16(15)21(17)3/h5-7,12,14H,4,8-11H2,1-3H3,(H,20,23). The van der Waals surface area contributed by atoms with Crippen LogP contribution in [0.5, 0.6) is 0 Å².